The van der Waals surface area contributed by atoms with Crippen LogP contribution in [0.5, 0.6) is 0 Å². The number of anilines is 1. The molecule has 0 saturated carbocycles. The first-order valence-electron chi connectivity index (χ1n) is 7.92. The summed E-state index contributed by atoms with van der Waals surface area (Å²) < 4.78 is 1.79. The molecule has 0 unspecified atom stereocenters. The smallest absolute Gasteiger partial charge is 0.329 e. The fourth-order valence-corrected chi connectivity index (χ4v) is 3.66. The van der Waals surface area contributed by atoms with E-state index in [9.17, 15) is 15.0 Å². The fraction of sp³-hybridized carbons (Fsp3) is 0.235. The summed E-state index contributed by atoms with van der Waals surface area (Å²) in [5.74, 6) is -0.687. The lowest BCUT2D eigenvalue weighted by molar-refractivity contribution is -0.140. The van der Waals surface area contributed by atoms with Crippen LogP contribution >= 0.6 is 23.2 Å². The molecule has 1 aliphatic heterocycles. The Morgan fingerprint density at radius 3 is 2.81 bits per heavy atom. The molecule has 26 heavy (non-hydrogen) atoms. The number of pyridine rings is 1. The minimum atomic E-state index is -1.10. The van der Waals surface area contributed by atoms with E-state index in [0.29, 0.717) is 34.3 Å². The molecular weight excluding hydrogens is 379 g/mol. The molecular formula is C17H14Cl2N4O3. The minimum Gasteiger partial charge on any atom is -0.480 e. The second kappa shape index (κ2) is 6.42. The van der Waals surface area contributed by atoms with Crippen molar-refractivity contribution in [2.45, 2.75) is 18.6 Å². The summed E-state index contributed by atoms with van der Waals surface area (Å²) in [6.45, 7) is 0.373. The zero-order valence-corrected chi connectivity index (χ0v) is 14.9. The zero-order valence-electron chi connectivity index (χ0n) is 13.4. The van der Waals surface area contributed by atoms with Crippen LogP contribution in [0.1, 0.15) is 6.42 Å². The van der Waals surface area contributed by atoms with Gasteiger partial charge in [-0.3, -0.25) is 0 Å². The SMILES string of the molecule is O=C(O)[C@H]1[C@H](O)CCN1c1cc(-n2ccnc2)c2ccc(Cl)c(Cl)c2n1. The summed E-state index contributed by atoms with van der Waals surface area (Å²) in [6.07, 6.45) is 4.43. The molecule has 9 heteroatoms. The van der Waals surface area contributed by atoms with Crippen molar-refractivity contribution in [3.63, 3.8) is 0 Å². The van der Waals surface area contributed by atoms with Crippen molar-refractivity contribution in [2.75, 3.05) is 11.4 Å². The molecule has 1 aliphatic rings. The molecule has 1 saturated heterocycles. The van der Waals surface area contributed by atoms with Crippen molar-refractivity contribution >= 4 is 45.9 Å². The number of fused-ring (bicyclic) bond motifs is 1. The van der Waals surface area contributed by atoms with Crippen molar-refractivity contribution in [3.8, 4) is 5.69 Å². The van der Waals surface area contributed by atoms with Gasteiger partial charge in [-0.2, -0.15) is 0 Å². The quantitative estimate of drug-likeness (QED) is 0.711. The number of hydrogen-bond donors (Lipinski definition) is 2. The molecule has 1 fully saturated rings. The molecule has 0 amide bonds. The standard InChI is InChI=1S/C17H14Cl2N4O3/c18-10-2-1-9-11(22-6-4-20-8-22)7-13(21-15(9)14(10)19)23-5-3-12(24)16(23)17(25)26/h1-2,4,6-8,12,16,24H,3,5H2,(H,25,26)/t12-,16-/m1/s1. The maximum atomic E-state index is 11.6. The molecule has 2 aromatic heterocycles. The highest BCUT2D eigenvalue weighted by atomic mass is 35.5. The van der Waals surface area contributed by atoms with E-state index in [4.69, 9.17) is 23.2 Å². The Labute approximate surface area is 158 Å². The van der Waals surface area contributed by atoms with Gasteiger partial charge in [0.15, 0.2) is 6.04 Å². The van der Waals surface area contributed by atoms with E-state index in [1.54, 1.807) is 40.3 Å². The summed E-state index contributed by atoms with van der Waals surface area (Å²) in [5.41, 5.74) is 1.21. The number of aliphatic carboxylic acids is 1. The number of halogens is 2. The van der Waals surface area contributed by atoms with Gasteiger partial charge in [0.2, 0.25) is 0 Å². The van der Waals surface area contributed by atoms with Gasteiger partial charge in [0.1, 0.15) is 5.82 Å². The Morgan fingerprint density at radius 2 is 2.12 bits per heavy atom. The first-order chi connectivity index (χ1) is 12.5. The van der Waals surface area contributed by atoms with Gasteiger partial charge >= 0.3 is 5.97 Å². The van der Waals surface area contributed by atoms with Gasteiger partial charge in [-0.25, -0.2) is 14.8 Å². The molecule has 0 radical (unpaired) electrons. The highest BCUT2D eigenvalue weighted by molar-refractivity contribution is 6.45. The van der Waals surface area contributed by atoms with Crippen LogP contribution in [-0.2, 0) is 4.79 Å². The van der Waals surface area contributed by atoms with Gasteiger partial charge < -0.3 is 19.7 Å². The first kappa shape index (κ1) is 17.1. The maximum Gasteiger partial charge on any atom is 0.329 e. The Morgan fingerprint density at radius 1 is 1.31 bits per heavy atom. The van der Waals surface area contributed by atoms with Crippen LogP contribution < -0.4 is 4.90 Å². The van der Waals surface area contributed by atoms with Crippen LogP contribution in [0.15, 0.2) is 36.9 Å². The highest BCUT2D eigenvalue weighted by Crippen LogP contribution is 2.36. The number of carbonyl (C=O) groups is 1. The molecule has 3 aromatic rings. The summed E-state index contributed by atoms with van der Waals surface area (Å²) >= 11 is 12.5. The van der Waals surface area contributed by atoms with Gasteiger partial charge in [0.05, 0.1) is 33.7 Å². The van der Waals surface area contributed by atoms with Crippen LogP contribution in [0, 0.1) is 0 Å². The van der Waals surface area contributed by atoms with E-state index < -0.39 is 18.1 Å². The average Bonchev–Trinajstić information content (AvgIpc) is 3.27. The number of nitrogens with zero attached hydrogens (tertiary/aromatic N) is 4. The number of aliphatic hydroxyl groups excluding tert-OH is 1. The number of carboxylic acid groups (broad SMARTS) is 1. The summed E-state index contributed by atoms with van der Waals surface area (Å²) in [5, 5.41) is 20.9. The number of aliphatic hydroxyl groups is 1. The predicted molar refractivity (Wildman–Crippen MR) is 98.3 cm³/mol. The molecule has 4 rings (SSSR count). The number of rotatable bonds is 3. The molecule has 0 bridgehead atoms. The molecule has 3 heterocycles. The number of carboxylic acids is 1. The van der Waals surface area contributed by atoms with Crippen LogP contribution in [0.25, 0.3) is 16.6 Å². The molecule has 7 nitrogen and oxygen atoms in total. The molecule has 0 aliphatic carbocycles. The average molecular weight is 393 g/mol. The Kier molecular flexibility index (Phi) is 4.22. The van der Waals surface area contributed by atoms with Crippen LogP contribution in [0.2, 0.25) is 10.0 Å². The lowest BCUT2D eigenvalue weighted by Crippen LogP contribution is -2.42. The fourth-order valence-electron chi connectivity index (χ4n) is 3.30. The van der Waals surface area contributed by atoms with Crippen LogP contribution in [0.4, 0.5) is 5.82 Å². The topological polar surface area (TPSA) is 91.5 Å². The normalized spacial score (nSPS) is 20.0. The lowest BCUT2D eigenvalue weighted by Gasteiger charge is -2.25. The zero-order chi connectivity index (χ0) is 18.4. The molecule has 2 N–H and O–H groups in total. The van der Waals surface area contributed by atoms with Gasteiger partial charge in [0.25, 0.3) is 0 Å². The van der Waals surface area contributed by atoms with E-state index in [0.717, 1.165) is 11.1 Å². The van der Waals surface area contributed by atoms with E-state index in [1.165, 1.54) is 0 Å². The van der Waals surface area contributed by atoms with Crippen LogP contribution in [-0.4, -0.2) is 49.4 Å². The van der Waals surface area contributed by atoms with Gasteiger partial charge in [-0.15, -0.1) is 0 Å². The van der Waals surface area contributed by atoms with E-state index in [1.807, 2.05) is 6.07 Å². The summed E-state index contributed by atoms with van der Waals surface area (Å²) in [7, 11) is 0. The summed E-state index contributed by atoms with van der Waals surface area (Å²) in [6, 6.07) is 4.20. The molecule has 1 aromatic carbocycles. The number of hydrogen-bond acceptors (Lipinski definition) is 5. The van der Waals surface area contributed by atoms with Gasteiger partial charge in [-0.1, -0.05) is 23.2 Å². The second-order valence-electron chi connectivity index (χ2n) is 6.06. The first-order valence-corrected chi connectivity index (χ1v) is 8.67. The third-order valence-corrected chi connectivity index (χ3v) is 5.33. The van der Waals surface area contributed by atoms with Crippen molar-refractivity contribution < 1.29 is 15.0 Å². The van der Waals surface area contributed by atoms with Gasteiger partial charge in [0, 0.05) is 30.4 Å². The molecule has 134 valence electrons. The van der Waals surface area contributed by atoms with Crippen LogP contribution in [0.3, 0.4) is 0 Å². The van der Waals surface area contributed by atoms with Crippen molar-refractivity contribution in [3.05, 3.63) is 47.0 Å². The maximum absolute atomic E-state index is 11.6. The summed E-state index contributed by atoms with van der Waals surface area (Å²) in [4.78, 5) is 21.8. The minimum absolute atomic E-state index is 0.291. The van der Waals surface area contributed by atoms with Crippen molar-refractivity contribution in [1.29, 1.82) is 0 Å². The lowest BCUT2D eigenvalue weighted by atomic mass is 10.1. The largest absolute Gasteiger partial charge is 0.480 e. The van der Waals surface area contributed by atoms with Crippen molar-refractivity contribution in [2.24, 2.45) is 0 Å². The van der Waals surface area contributed by atoms with Gasteiger partial charge in [-0.05, 0) is 18.6 Å². The van der Waals surface area contributed by atoms with E-state index in [2.05, 4.69) is 9.97 Å². The Bertz CT molecular complexity index is 993. The number of imidazole rings is 1. The van der Waals surface area contributed by atoms with Crippen molar-refractivity contribution in [1.82, 2.24) is 14.5 Å². The second-order valence-corrected chi connectivity index (χ2v) is 6.84. The third kappa shape index (κ3) is 2.68. The molecule has 0 spiro atoms. The van der Waals surface area contributed by atoms with E-state index >= 15 is 0 Å². The third-order valence-electron chi connectivity index (χ3n) is 4.53. The van der Waals surface area contributed by atoms with E-state index in [-0.39, 0.29) is 0 Å². The highest BCUT2D eigenvalue weighted by Gasteiger charge is 2.39. The monoisotopic (exact) mass is 392 g/mol. The Balaban J connectivity index is 1.96. The Hall–Kier alpha value is -2.35. The number of benzene rings is 1. The molecule has 2 atom stereocenters. The predicted octanol–water partition coefficient (Wildman–Crippen LogP) is 2.75. The number of aromatic nitrogens is 3.